The number of carbonyl (C=O) groups is 1. The second-order valence-corrected chi connectivity index (χ2v) is 3.72. The topological polar surface area (TPSA) is 26.3 Å². The molecule has 0 heterocycles. The SMILES string of the molecule is C=CC[C@H](C#CC(=O)OC)[C@H](C)CCCl. The molecule has 0 amide bonds. The van der Waals surface area contributed by atoms with E-state index in [0.29, 0.717) is 11.8 Å². The molecule has 2 atom stereocenters. The van der Waals surface area contributed by atoms with Gasteiger partial charge in [-0.25, -0.2) is 4.79 Å². The fraction of sp³-hybridized carbons (Fsp3) is 0.583. The molecule has 0 fully saturated rings. The Bertz CT molecular complexity index is 263. The van der Waals surface area contributed by atoms with E-state index in [1.54, 1.807) is 6.08 Å². The molecule has 0 aliphatic rings. The summed E-state index contributed by atoms with van der Waals surface area (Å²) in [6.07, 6.45) is 3.46. The lowest BCUT2D eigenvalue weighted by Gasteiger charge is -2.15. The van der Waals surface area contributed by atoms with Crippen LogP contribution in [-0.2, 0) is 9.53 Å². The van der Waals surface area contributed by atoms with E-state index in [9.17, 15) is 4.79 Å². The number of carbonyl (C=O) groups excluding carboxylic acids is 1. The second kappa shape index (κ2) is 8.38. The molecule has 0 bridgehead atoms. The number of ether oxygens (including phenoxy) is 1. The van der Waals surface area contributed by atoms with Crippen LogP contribution in [0.1, 0.15) is 19.8 Å². The summed E-state index contributed by atoms with van der Waals surface area (Å²) in [5.41, 5.74) is 0. The Balaban J connectivity index is 4.42. The van der Waals surface area contributed by atoms with Crippen LogP contribution in [0.3, 0.4) is 0 Å². The average Bonchev–Trinajstić information content (AvgIpc) is 2.23. The van der Waals surface area contributed by atoms with Crippen molar-refractivity contribution >= 4 is 17.6 Å². The zero-order valence-corrected chi connectivity index (χ0v) is 10.0. The highest BCUT2D eigenvalue weighted by molar-refractivity contribution is 6.17. The molecular formula is C12H17ClO2. The van der Waals surface area contributed by atoms with Gasteiger partial charge in [-0.15, -0.1) is 18.2 Å². The van der Waals surface area contributed by atoms with Gasteiger partial charge >= 0.3 is 5.97 Å². The summed E-state index contributed by atoms with van der Waals surface area (Å²) in [5, 5.41) is 0. The summed E-state index contributed by atoms with van der Waals surface area (Å²) in [6, 6.07) is 0. The van der Waals surface area contributed by atoms with Crippen LogP contribution in [0.25, 0.3) is 0 Å². The Morgan fingerprint density at radius 3 is 2.80 bits per heavy atom. The molecular weight excluding hydrogens is 212 g/mol. The smallest absolute Gasteiger partial charge is 0.384 e. The molecule has 0 spiro atoms. The van der Waals surface area contributed by atoms with Gasteiger partial charge in [0.1, 0.15) is 0 Å². The highest BCUT2D eigenvalue weighted by Gasteiger charge is 2.13. The normalized spacial score (nSPS) is 13.3. The first-order valence-electron chi connectivity index (χ1n) is 4.92. The first-order chi connectivity index (χ1) is 7.15. The van der Waals surface area contributed by atoms with Crippen LogP contribution >= 0.6 is 11.6 Å². The number of rotatable bonds is 5. The lowest BCUT2D eigenvalue weighted by Crippen LogP contribution is -2.10. The van der Waals surface area contributed by atoms with E-state index < -0.39 is 5.97 Å². The van der Waals surface area contributed by atoms with E-state index in [0.717, 1.165) is 12.8 Å². The van der Waals surface area contributed by atoms with Crippen LogP contribution < -0.4 is 0 Å². The van der Waals surface area contributed by atoms with Gasteiger partial charge in [0.15, 0.2) is 0 Å². The predicted molar refractivity (Wildman–Crippen MR) is 62.6 cm³/mol. The Kier molecular flexibility index (Phi) is 7.85. The first kappa shape index (κ1) is 14.1. The molecule has 0 aliphatic carbocycles. The largest absolute Gasteiger partial charge is 0.459 e. The van der Waals surface area contributed by atoms with E-state index in [1.165, 1.54) is 7.11 Å². The zero-order valence-electron chi connectivity index (χ0n) is 9.25. The summed E-state index contributed by atoms with van der Waals surface area (Å²) >= 11 is 5.66. The van der Waals surface area contributed by atoms with Crippen LogP contribution in [-0.4, -0.2) is 19.0 Å². The zero-order chi connectivity index (χ0) is 11.7. The minimum absolute atomic E-state index is 0.125. The van der Waals surface area contributed by atoms with Crippen LogP contribution in [0.4, 0.5) is 0 Å². The summed E-state index contributed by atoms with van der Waals surface area (Å²) in [5.74, 6) is 5.95. The number of hydrogen-bond acceptors (Lipinski definition) is 2. The van der Waals surface area contributed by atoms with E-state index in [4.69, 9.17) is 11.6 Å². The third-order valence-electron chi connectivity index (χ3n) is 2.22. The Morgan fingerprint density at radius 1 is 1.67 bits per heavy atom. The van der Waals surface area contributed by atoms with E-state index in [2.05, 4.69) is 30.1 Å². The van der Waals surface area contributed by atoms with Crippen molar-refractivity contribution in [2.24, 2.45) is 11.8 Å². The predicted octanol–water partition coefficient (Wildman–Crippen LogP) is 2.62. The number of halogens is 1. The van der Waals surface area contributed by atoms with Gasteiger partial charge in [0.05, 0.1) is 7.11 Å². The Hall–Kier alpha value is -0.940. The maximum atomic E-state index is 10.9. The van der Waals surface area contributed by atoms with Gasteiger partial charge in [-0.3, -0.25) is 0 Å². The third-order valence-corrected chi connectivity index (χ3v) is 2.44. The van der Waals surface area contributed by atoms with Gasteiger partial charge in [-0.2, -0.15) is 0 Å². The number of hydrogen-bond donors (Lipinski definition) is 0. The average molecular weight is 229 g/mol. The van der Waals surface area contributed by atoms with Crippen molar-refractivity contribution < 1.29 is 9.53 Å². The molecule has 0 N–H and O–H groups in total. The van der Waals surface area contributed by atoms with Gasteiger partial charge in [0.25, 0.3) is 0 Å². The van der Waals surface area contributed by atoms with E-state index >= 15 is 0 Å². The number of methoxy groups -OCH3 is 1. The Labute approximate surface area is 96.6 Å². The maximum Gasteiger partial charge on any atom is 0.384 e. The molecule has 0 aromatic rings. The number of esters is 1. The molecule has 0 radical (unpaired) electrons. The third kappa shape index (κ3) is 6.19. The van der Waals surface area contributed by atoms with Crippen molar-refractivity contribution in [1.29, 1.82) is 0 Å². The fourth-order valence-corrected chi connectivity index (χ4v) is 1.53. The van der Waals surface area contributed by atoms with Crippen molar-refractivity contribution in [2.75, 3.05) is 13.0 Å². The minimum Gasteiger partial charge on any atom is -0.459 e. The van der Waals surface area contributed by atoms with Gasteiger partial charge in [-0.05, 0) is 18.8 Å². The van der Waals surface area contributed by atoms with Gasteiger partial charge < -0.3 is 4.74 Å². The summed E-state index contributed by atoms with van der Waals surface area (Å²) in [6.45, 7) is 5.75. The van der Waals surface area contributed by atoms with E-state index in [1.807, 2.05) is 0 Å². The molecule has 84 valence electrons. The Morgan fingerprint density at radius 2 is 2.33 bits per heavy atom. The summed E-state index contributed by atoms with van der Waals surface area (Å²) in [7, 11) is 1.32. The lowest BCUT2D eigenvalue weighted by molar-refractivity contribution is -0.133. The van der Waals surface area contributed by atoms with Crippen molar-refractivity contribution in [3.05, 3.63) is 12.7 Å². The van der Waals surface area contributed by atoms with Crippen molar-refractivity contribution in [3.63, 3.8) is 0 Å². The standard InChI is InChI=1S/C12H17ClO2/c1-4-5-11(10(2)8-9-13)6-7-12(14)15-3/h4,10-11H,1,5,8-9H2,2-3H3/t10-,11-/m1/s1. The molecule has 2 nitrogen and oxygen atoms in total. The molecule has 0 rings (SSSR count). The number of allylic oxidation sites excluding steroid dienone is 1. The van der Waals surface area contributed by atoms with Gasteiger partial charge in [-0.1, -0.05) is 18.9 Å². The molecule has 0 aliphatic heterocycles. The van der Waals surface area contributed by atoms with Gasteiger partial charge in [0.2, 0.25) is 0 Å². The molecule has 3 heteroatoms. The number of alkyl halides is 1. The minimum atomic E-state index is -0.498. The van der Waals surface area contributed by atoms with Crippen LogP contribution in [0.5, 0.6) is 0 Å². The van der Waals surface area contributed by atoms with Crippen LogP contribution in [0, 0.1) is 23.7 Å². The van der Waals surface area contributed by atoms with Crippen molar-refractivity contribution in [1.82, 2.24) is 0 Å². The highest BCUT2D eigenvalue weighted by atomic mass is 35.5. The highest BCUT2D eigenvalue weighted by Crippen LogP contribution is 2.19. The molecule has 15 heavy (non-hydrogen) atoms. The van der Waals surface area contributed by atoms with Crippen LogP contribution in [0.15, 0.2) is 12.7 Å². The molecule has 0 aromatic carbocycles. The molecule has 0 saturated carbocycles. The summed E-state index contributed by atoms with van der Waals surface area (Å²) in [4.78, 5) is 10.9. The first-order valence-corrected chi connectivity index (χ1v) is 5.45. The second-order valence-electron chi connectivity index (χ2n) is 3.35. The summed E-state index contributed by atoms with van der Waals surface area (Å²) < 4.78 is 4.45. The maximum absolute atomic E-state index is 10.9. The van der Waals surface area contributed by atoms with Gasteiger partial charge in [0, 0.05) is 17.7 Å². The lowest BCUT2D eigenvalue weighted by atomic mass is 9.89. The molecule has 0 unspecified atom stereocenters. The molecule has 0 aromatic heterocycles. The molecule has 0 saturated heterocycles. The quantitative estimate of drug-likeness (QED) is 0.238. The van der Waals surface area contributed by atoms with Crippen molar-refractivity contribution in [3.8, 4) is 11.8 Å². The van der Waals surface area contributed by atoms with Crippen molar-refractivity contribution in [2.45, 2.75) is 19.8 Å². The van der Waals surface area contributed by atoms with E-state index in [-0.39, 0.29) is 5.92 Å². The fourth-order valence-electron chi connectivity index (χ4n) is 1.19. The monoisotopic (exact) mass is 228 g/mol. The van der Waals surface area contributed by atoms with Crippen LogP contribution in [0.2, 0.25) is 0 Å².